The van der Waals surface area contributed by atoms with Gasteiger partial charge in [-0.2, -0.15) is 0 Å². The maximum Gasteiger partial charge on any atom is 0.309 e. The molecule has 2 atom stereocenters. The van der Waals surface area contributed by atoms with Gasteiger partial charge in [0.05, 0.1) is 5.41 Å². The average Bonchev–Trinajstić information content (AvgIpc) is 2.93. The molecule has 0 aliphatic heterocycles. The fraction of sp³-hybridized carbons (Fsp3) is 0.917. The maximum absolute atomic E-state index is 13.4. The lowest BCUT2D eigenvalue weighted by atomic mass is 9.54. The van der Waals surface area contributed by atoms with Crippen molar-refractivity contribution in [2.24, 2.45) is 16.2 Å². The molecule has 3 N–H and O–H groups in total. The Kier molecular flexibility index (Phi) is 19.4. The zero-order chi connectivity index (χ0) is 31.3. The predicted molar refractivity (Wildman–Crippen MR) is 176 cm³/mol. The van der Waals surface area contributed by atoms with Crippen LogP contribution >= 0.6 is 0 Å². The van der Waals surface area contributed by atoms with Crippen LogP contribution < -0.4 is 10.6 Å². The number of nitrogens with one attached hydrogen (secondary N) is 2. The zero-order valence-electron chi connectivity index (χ0n) is 28.3. The molecule has 0 aromatic rings. The van der Waals surface area contributed by atoms with Crippen LogP contribution in [0.15, 0.2) is 0 Å². The molecule has 0 heterocycles. The second-order valence-corrected chi connectivity index (χ2v) is 14.4. The first-order valence-electron chi connectivity index (χ1n) is 17.8. The summed E-state index contributed by atoms with van der Waals surface area (Å²) in [6.07, 6.45) is 25.7. The van der Waals surface area contributed by atoms with Crippen molar-refractivity contribution in [1.82, 2.24) is 10.6 Å². The predicted octanol–water partition coefficient (Wildman–Crippen LogP) is 9.35. The third kappa shape index (κ3) is 14.7. The summed E-state index contributed by atoms with van der Waals surface area (Å²) in [6.45, 7) is 11.1. The molecule has 2 amide bonds. The van der Waals surface area contributed by atoms with Gasteiger partial charge >= 0.3 is 5.97 Å². The standard InChI is InChI=1S/C36H68N2O4/c1-6-8-10-12-14-16-18-20-22-24-26-37-31(39)34(3)28-35(4,30-36(5,29-34)33(41)42)32(40)38-27-25-23-21-19-17-15-13-11-9-7-2/h6-30H2,1-5H3,(H,37,39)(H,38,40)(H,41,42)/t34-,35-/m0/s1. The third-order valence-corrected chi connectivity index (χ3v) is 9.59. The number of hydrogen-bond acceptors (Lipinski definition) is 3. The quantitative estimate of drug-likeness (QED) is 0.0920. The van der Waals surface area contributed by atoms with Crippen LogP contribution in [0.2, 0.25) is 0 Å². The van der Waals surface area contributed by atoms with E-state index in [0.717, 1.165) is 25.7 Å². The molecule has 0 radical (unpaired) electrons. The number of aliphatic carboxylic acids is 1. The SMILES string of the molecule is CCCCCCCCCCCCNC(=O)[C@]1(C)CC(C)(C(=O)O)C[C@@](C)(C(=O)NCCCCCCCCCCCC)C1. The molecule has 42 heavy (non-hydrogen) atoms. The van der Waals surface area contributed by atoms with Gasteiger partial charge < -0.3 is 15.7 Å². The van der Waals surface area contributed by atoms with Crippen molar-refractivity contribution >= 4 is 17.8 Å². The van der Waals surface area contributed by atoms with Gasteiger partial charge in [-0.05, 0) is 39.0 Å². The van der Waals surface area contributed by atoms with Crippen molar-refractivity contribution < 1.29 is 19.5 Å². The summed E-state index contributed by atoms with van der Waals surface area (Å²) in [5.41, 5.74) is -2.91. The number of carboxylic acids is 1. The van der Waals surface area contributed by atoms with Gasteiger partial charge in [0.1, 0.15) is 0 Å². The lowest BCUT2D eigenvalue weighted by Gasteiger charge is -2.49. The van der Waals surface area contributed by atoms with Crippen LogP contribution in [0.25, 0.3) is 0 Å². The number of rotatable bonds is 25. The topological polar surface area (TPSA) is 95.5 Å². The summed E-state index contributed by atoms with van der Waals surface area (Å²) in [5, 5.41) is 16.3. The zero-order valence-corrected chi connectivity index (χ0v) is 28.3. The molecule has 0 unspecified atom stereocenters. The molecule has 1 aliphatic rings. The van der Waals surface area contributed by atoms with Crippen molar-refractivity contribution in [2.45, 2.75) is 182 Å². The van der Waals surface area contributed by atoms with Crippen LogP contribution in [-0.2, 0) is 14.4 Å². The molecule has 0 aromatic carbocycles. The molecule has 1 aliphatic carbocycles. The Morgan fingerprint density at radius 3 is 1.02 bits per heavy atom. The van der Waals surface area contributed by atoms with Gasteiger partial charge in [0.25, 0.3) is 0 Å². The van der Waals surface area contributed by atoms with E-state index in [1.54, 1.807) is 6.92 Å². The summed E-state index contributed by atoms with van der Waals surface area (Å²) in [4.78, 5) is 39.2. The minimum absolute atomic E-state index is 0.112. The van der Waals surface area contributed by atoms with Crippen molar-refractivity contribution in [3.8, 4) is 0 Å². The number of carboxylic acid groups (broad SMARTS) is 1. The monoisotopic (exact) mass is 593 g/mol. The first-order chi connectivity index (χ1) is 20.0. The second-order valence-electron chi connectivity index (χ2n) is 14.4. The van der Waals surface area contributed by atoms with Gasteiger partial charge in [-0.15, -0.1) is 0 Å². The summed E-state index contributed by atoms with van der Waals surface area (Å²) in [7, 11) is 0. The van der Waals surface area contributed by atoms with Gasteiger partial charge in [-0.25, -0.2) is 0 Å². The van der Waals surface area contributed by atoms with E-state index in [2.05, 4.69) is 24.5 Å². The molecular weight excluding hydrogens is 524 g/mol. The Labute approximate surface area is 259 Å². The Hall–Kier alpha value is -1.59. The smallest absolute Gasteiger partial charge is 0.309 e. The first kappa shape index (κ1) is 38.4. The molecule has 0 bridgehead atoms. The lowest BCUT2D eigenvalue weighted by Crippen LogP contribution is -2.56. The van der Waals surface area contributed by atoms with Gasteiger partial charge in [0.2, 0.25) is 11.8 Å². The number of amides is 2. The van der Waals surface area contributed by atoms with E-state index in [1.807, 2.05) is 13.8 Å². The molecular formula is C36H68N2O4. The number of carbonyl (C=O) groups excluding carboxylic acids is 2. The first-order valence-corrected chi connectivity index (χ1v) is 17.8. The Morgan fingerprint density at radius 1 is 0.476 bits per heavy atom. The third-order valence-electron chi connectivity index (χ3n) is 9.59. The van der Waals surface area contributed by atoms with Crippen molar-refractivity contribution in [3.05, 3.63) is 0 Å². The molecule has 6 nitrogen and oxygen atoms in total. The van der Waals surface area contributed by atoms with E-state index in [0.29, 0.717) is 19.5 Å². The largest absolute Gasteiger partial charge is 0.481 e. The number of unbranched alkanes of at least 4 members (excludes halogenated alkanes) is 18. The highest BCUT2D eigenvalue weighted by molar-refractivity contribution is 5.89. The molecule has 0 spiro atoms. The fourth-order valence-corrected chi connectivity index (χ4v) is 7.30. The van der Waals surface area contributed by atoms with Gasteiger partial charge in [-0.1, -0.05) is 143 Å². The van der Waals surface area contributed by atoms with Gasteiger partial charge in [0.15, 0.2) is 0 Å². The number of hydrogen-bond donors (Lipinski definition) is 3. The minimum Gasteiger partial charge on any atom is -0.481 e. The molecule has 6 heteroatoms. The van der Waals surface area contributed by atoms with Gasteiger partial charge in [0, 0.05) is 23.9 Å². The second kappa shape index (κ2) is 21.2. The van der Waals surface area contributed by atoms with Crippen molar-refractivity contribution in [1.29, 1.82) is 0 Å². The maximum atomic E-state index is 13.4. The van der Waals surface area contributed by atoms with Crippen LogP contribution in [0.1, 0.15) is 182 Å². The summed E-state index contributed by atoms with van der Waals surface area (Å²) >= 11 is 0. The lowest BCUT2D eigenvalue weighted by molar-refractivity contribution is -0.163. The molecule has 0 saturated heterocycles. The normalized spacial score (nSPS) is 23.9. The van der Waals surface area contributed by atoms with E-state index in [4.69, 9.17) is 0 Å². The van der Waals surface area contributed by atoms with E-state index in [9.17, 15) is 19.5 Å². The Morgan fingerprint density at radius 2 is 0.738 bits per heavy atom. The van der Waals surface area contributed by atoms with Crippen LogP contribution in [0.4, 0.5) is 0 Å². The highest BCUT2D eigenvalue weighted by Gasteiger charge is 2.57. The van der Waals surface area contributed by atoms with E-state index >= 15 is 0 Å². The van der Waals surface area contributed by atoms with E-state index < -0.39 is 22.2 Å². The Balaban J connectivity index is 2.47. The van der Waals surface area contributed by atoms with Gasteiger partial charge in [-0.3, -0.25) is 14.4 Å². The highest BCUT2D eigenvalue weighted by atomic mass is 16.4. The van der Waals surface area contributed by atoms with E-state index in [-0.39, 0.29) is 24.7 Å². The van der Waals surface area contributed by atoms with Crippen LogP contribution in [0.3, 0.4) is 0 Å². The molecule has 0 aromatic heterocycles. The molecule has 1 saturated carbocycles. The molecule has 1 fully saturated rings. The molecule has 1 rings (SSSR count). The van der Waals surface area contributed by atoms with Crippen molar-refractivity contribution in [3.63, 3.8) is 0 Å². The van der Waals surface area contributed by atoms with Crippen LogP contribution in [0.5, 0.6) is 0 Å². The highest BCUT2D eigenvalue weighted by Crippen LogP contribution is 2.54. The van der Waals surface area contributed by atoms with E-state index in [1.165, 1.54) is 103 Å². The van der Waals surface area contributed by atoms with Crippen molar-refractivity contribution in [2.75, 3.05) is 13.1 Å². The summed E-state index contributed by atoms with van der Waals surface area (Å²) in [6, 6.07) is 0. The Bertz CT molecular complexity index is 717. The summed E-state index contributed by atoms with van der Waals surface area (Å²) < 4.78 is 0. The fourth-order valence-electron chi connectivity index (χ4n) is 7.30. The summed E-state index contributed by atoms with van der Waals surface area (Å²) in [5.74, 6) is -1.15. The number of carbonyl (C=O) groups is 3. The molecule has 246 valence electrons. The average molecular weight is 593 g/mol. The minimum atomic E-state index is -1.12. The van der Waals surface area contributed by atoms with Crippen LogP contribution in [0, 0.1) is 16.2 Å². The van der Waals surface area contributed by atoms with Crippen LogP contribution in [-0.4, -0.2) is 36.0 Å².